The van der Waals surface area contributed by atoms with Gasteiger partial charge in [-0.3, -0.25) is 9.78 Å². The Hall–Kier alpha value is -1.31. The number of aromatic nitrogens is 4. The number of aromatic amines is 1. The summed E-state index contributed by atoms with van der Waals surface area (Å²) in [4.78, 5) is 0. The number of H-pyrrole nitrogens is 1. The van der Waals surface area contributed by atoms with Crippen LogP contribution in [0.2, 0.25) is 0 Å². The quantitative estimate of drug-likeness (QED) is 0.881. The molecule has 2 aromatic rings. The maximum Gasteiger partial charge on any atom is 0.0778 e. The van der Waals surface area contributed by atoms with E-state index >= 15 is 0 Å². The number of hydrogen-bond acceptors (Lipinski definition) is 5. The molecule has 3 saturated heterocycles. The van der Waals surface area contributed by atoms with Crippen LogP contribution in [0.3, 0.4) is 0 Å². The Morgan fingerprint density at radius 1 is 1.44 bits per heavy atom. The molecule has 0 aromatic carbocycles. The van der Waals surface area contributed by atoms with Crippen LogP contribution in [0.15, 0.2) is 30.9 Å². The van der Waals surface area contributed by atoms with E-state index in [2.05, 4.69) is 50.2 Å². The van der Waals surface area contributed by atoms with Crippen LogP contribution in [0.5, 0.6) is 0 Å². The topological polar surface area (TPSA) is 67.8 Å². The predicted octanol–water partition coefficient (Wildman–Crippen LogP) is 2.41. The molecule has 0 saturated carbocycles. The van der Waals surface area contributed by atoms with Crippen LogP contribution in [0.25, 0.3) is 0 Å². The van der Waals surface area contributed by atoms with Gasteiger partial charge in [0.25, 0.3) is 0 Å². The van der Waals surface area contributed by atoms with Crippen molar-refractivity contribution in [1.82, 2.24) is 25.3 Å². The zero-order chi connectivity index (χ0) is 16.8. The van der Waals surface area contributed by atoms with Crippen LogP contribution >= 0.6 is 11.8 Å². The Bertz CT molecular complexity index is 690. The molecule has 0 amide bonds. The lowest BCUT2D eigenvalue weighted by atomic mass is 9.72. The molecule has 2 N–H and O–H groups in total. The average molecular weight is 359 g/mol. The van der Waals surface area contributed by atoms with Gasteiger partial charge in [-0.05, 0) is 31.7 Å². The van der Waals surface area contributed by atoms with Crippen molar-refractivity contribution in [3.05, 3.63) is 36.4 Å². The van der Waals surface area contributed by atoms with E-state index in [-0.39, 0.29) is 0 Å². The minimum Gasteiger partial charge on any atom is -0.376 e. The van der Waals surface area contributed by atoms with Gasteiger partial charge in [-0.1, -0.05) is 0 Å². The highest BCUT2D eigenvalue weighted by molar-refractivity contribution is 8.00. The molecule has 3 aliphatic rings. The van der Waals surface area contributed by atoms with Crippen molar-refractivity contribution in [3.8, 4) is 0 Å². The standard InChI is InChI=1S/C18H25N5OS/c1-11(23-6-3-5-22-23)16-13-4-2-7-24-17-15(13)14(10-19-16)25-18(17)12-8-20-21-9-12/h3,5-6,8-9,11,13-19H,2,4,7,10H2,1H3,(H,20,21). The monoisotopic (exact) mass is 359 g/mol. The lowest BCUT2D eigenvalue weighted by Gasteiger charge is -2.43. The molecular weight excluding hydrogens is 334 g/mol. The second kappa shape index (κ2) is 6.45. The maximum absolute atomic E-state index is 6.41. The third kappa shape index (κ3) is 2.64. The van der Waals surface area contributed by atoms with Gasteiger partial charge in [0, 0.05) is 54.5 Å². The molecule has 0 bridgehead atoms. The minimum atomic E-state index is 0.300. The number of thioether (sulfide) groups is 1. The van der Waals surface area contributed by atoms with E-state index in [0.717, 1.165) is 19.6 Å². The number of nitrogens with zero attached hydrogens (tertiary/aromatic N) is 3. The summed E-state index contributed by atoms with van der Waals surface area (Å²) >= 11 is 2.08. The van der Waals surface area contributed by atoms with Gasteiger partial charge >= 0.3 is 0 Å². The van der Waals surface area contributed by atoms with Crippen molar-refractivity contribution in [2.24, 2.45) is 11.8 Å². The molecule has 0 spiro atoms. The molecule has 0 aliphatic carbocycles. The van der Waals surface area contributed by atoms with E-state index < -0.39 is 0 Å². The number of nitrogens with one attached hydrogen (secondary N) is 2. The van der Waals surface area contributed by atoms with Gasteiger partial charge < -0.3 is 10.1 Å². The Morgan fingerprint density at radius 2 is 2.40 bits per heavy atom. The van der Waals surface area contributed by atoms with Crippen molar-refractivity contribution >= 4 is 11.8 Å². The maximum atomic E-state index is 6.41. The van der Waals surface area contributed by atoms with Crippen LogP contribution < -0.4 is 5.32 Å². The second-order valence-corrected chi connectivity index (χ2v) is 8.89. The first-order valence-corrected chi connectivity index (χ1v) is 10.3. The third-order valence-corrected chi connectivity index (χ3v) is 7.90. The summed E-state index contributed by atoms with van der Waals surface area (Å²) in [5.41, 5.74) is 1.28. The van der Waals surface area contributed by atoms with Crippen molar-refractivity contribution < 1.29 is 4.74 Å². The smallest absolute Gasteiger partial charge is 0.0778 e. The highest BCUT2D eigenvalue weighted by Gasteiger charge is 2.54. The summed E-state index contributed by atoms with van der Waals surface area (Å²) in [5, 5.41) is 16.5. The molecule has 3 fully saturated rings. The molecule has 2 aromatic heterocycles. The van der Waals surface area contributed by atoms with E-state index in [1.54, 1.807) is 0 Å². The number of ether oxygens (including phenoxy) is 1. The van der Waals surface area contributed by atoms with Gasteiger partial charge in [0.1, 0.15) is 0 Å². The predicted molar refractivity (Wildman–Crippen MR) is 97.4 cm³/mol. The van der Waals surface area contributed by atoms with Crippen LogP contribution in [0.1, 0.15) is 36.6 Å². The lowest BCUT2D eigenvalue weighted by Crippen LogP contribution is -2.55. The van der Waals surface area contributed by atoms with Crippen LogP contribution in [0, 0.1) is 11.8 Å². The zero-order valence-electron chi connectivity index (χ0n) is 14.4. The molecule has 5 rings (SSSR count). The molecule has 0 radical (unpaired) electrons. The van der Waals surface area contributed by atoms with Gasteiger partial charge in [0.2, 0.25) is 0 Å². The SMILES string of the molecule is CC(C1NCC2SC(c3cn[nH]c3)C3OCCCC1C23)n1cccn1. The first kappa shape index (κ1) is 15.9. The van der Waals surface area contributed by atoms with Crippen molar-refractivity contribution in [1.29, 1.82) is 0 Å². The number of rotatable bonds is 3. The fourth-order valence-electron chi connectivity index (χ4n) is 5.12. The van der Waals surface area contributed by atoms with Crippen molar-refractivity contribution in [2.75, 3.05) is 13.2 Å². The van der Waals surface area contributed by atoms with Crippen LogP contribution in [-0.4, -0.2) is 50.5 Å². The average Bonchev–Trinajstić information content (AvgIpc) is 3.35. The van der Waals surface area contributed by atoms with Gasteiger partial charge in [0.05, 0.1) is 23.6 Å². The van der Waals surface area contributed by atoms with Gasteiger partial charge in [-0.15, -0.1) is 11.8 Å². The van der Waals surface area contributed by atoms with Gasteiger partial charge in [-0.25, -0.2) is 0 Å². The van der Waals surface area contributed by atoms with E-state index in [4.69, 9.17) is 4.74 Å². The summed E-state index contributed by atoms with van der Waals surface area (Å²) in [7, 11) is 0. The molecule has 134 valence electrons. The molecule has 7 heteroatoms. The minimum absolute atomic E-state index is 0.300. The van der Waals surface area contributed by atoms with E-state index in [9.17, 15) is 0 Å². The zero-order valence-corrected chi connectivity index (χ0v) is 15.2. The summed E-state index contributed by atoms with van der Waals surface area (Å²) in [6, 6.07) is 2.83. The largest absolute Gasteiger partial charge is 0.376 e. The Kier molecular flexibility index (Phi) is 4.10. The fraction of sp³-hybridized carbons (Fsp3) is 0.667. The first-order chi connectivity index (χ1) is 12.3. The Morgan fingerprint density at radius 3 is 3.20 bits per heavy atom. The van der Waals surface area contributed by atoms with Crippen molar-refractivity contribution in [2.45, 2.75) is 48.5 Å². The molecule has 6 nitrogen and oxygen atoms in total. The molecule has 3 aliphatic heterocycles. The number of hydrogen-bond donors (Lipinski definition) is 2. The molecule has 7 atom stereocenters. The highest BCUT2D eigenvalue weighted by atomic mass is 32.2. The second-order valence-electron chi connectivity index (χ2n) is 7.51. The van der Waals surface area contributed by atoms with Gasteiger partial charge in [0.15, 0.2) is 0 Å². The number of piperidine rings is 1. The third-order valence-electron chi connectivity index (χ3n) is 6.24. The lowest BCUT2D eigenvalue weighted by molar-refractivity contribution is 0.00335. The molecule has 7 unspecified atom stereocenters. The normalized spacial score (nSPS) is 38.9. The van der Waals surface area contributed by atoms with Crippen molar-refractivity contribution in [3.63, 3.8) is 0 Å². The summed E-state index contributed by atoms with van der Waals surface area (Å²) in [6.07, 6.45) is 10.7. The van der Waals surface area contributed by atoms with Crippen LogP contribution in [0.4, 0.5) is 0 Å². The van der Waals surface area contributed by atoms with E-state index in [1.165, 1.54) is 12.0 Å². The van der Waals surface area contributed by atoms with Gasteiger partial charge in [-0.2, -0.15) is 10.2 Å². The molecular formula is C18H25N5OS. The Balaban J connectivity index is 1.46. The van der Waals surface area contributed by atoms with E-state index in [0.29, 0.717) is 40.5 Å². The first-order valence-electron chi connectivity index (χ1n) is 9.31. The summed E-state index contributed by atoms with van der Waals surface area (Å²) < 4.78 is 8.51. The van der Waals surface area contributed by atoms with Crippen LogP contribution in [-0.2, 0) is 4.74 Å². The summed E-state index contributed by atoms with van der Waals surface area (Å²) in [6.45, 7) is 4.22. The van der Waals surface area contributed by atoms with E-state index in [1.807, 2.05) is 24.7 Å². The Labute approximate surface area is 152 Å². The molecule has 5 heterocycles. The summed E-state index contributed by atoms with van der Waals surface area (Å²) in [5.74, 6) is 1.24. The molecule has 25 heavy (non-hydrogen) atoms. The highest BCUT2D eigenvalue weighted by Crippen LogP contribution is 2.56. The fourth-order valence-corrected chi connectivity index (χ4v) is 6.93.